The Bertz CT molecular complexity index is 1140. The van der Waals surface area contributed by atoms with Gasteiger partial charge in [0.1, 0.15) is 0 Å². The monoisotopic (exact) mass is 422 g/mol. The van der Waals surface area contributed by atoms with Crippen LogP contribution in [-0.2, 0) is 16.4 Å². The lowest BCUT2D eigenvalue weighted by molar-refractivity contribution is 0.486. The normalized spacial score (nSPS) is 18.1. The highest BCUT2D eigenvalue weighted by Crippen LogP contribution is 2.26. The minimum Gasteiger partial charge on any atom is -0.265 e. The van der Waals surface area contributed by atoms with E-state index in [4.69, 9.17) is 5.10 Å². The van der Waals surface area contributed by atoms with Crippen LogP contribution in [0.25, 0.3) is 0 Å². The van der Waals surface area contributed by atoms with Gasteiger partial charge < -0.3 is 0 Å². The van der Waals surface area contributed by atoms with Crippen molar-refractivity contribution in [1.82, 2.24) is 9.78 Å². The van der Waals surface area contributed by atoms with Crippen LogP contribution < -0.4 is 5.01 Å². The maximum absolute atomic E-state index is 11.9. The Labute approximate surface area is 177 Å². The highest BCUT2D eigenvalue weighted by atomic mass is 32.2. The van der Waals surface area contributed by atoms with Crippen molar-refractivity contribution in [3.8, 4) is 0 Å². The number of sulfone groups is 1. The van der Waals surface area contributed by atoms with E-state index in [1.54, 1.807) is 0 Å². The molecule has 0 unspecified atom stereocenters. The first-order valence-electron chi connectivity index (χ1n) is 10.1. The van der Waals surface area contributed by atoms with Crippen LogP contribution in [0.2, 0.25) is 0 Å². The molecule has 2 aromatic carbocycles. The van der Waals surface area contributed by atoms with E-state index < -0.39 is 9.84 Å². The number of hydrazone groups is 1. The van der Waals surface area contributed by atoms with Crippen LogP contribution in [0.3, 0.4) is 0 Å². The molecular formula is C23H26N4O2S. The Balaban J connectivity index is 1.63. The molecule has 3 aromatic rings. The predicted octanol–water partition coefficient (Wildman–Crippen LogP) is 3.90. The molecule has 1 saturated heterocycles. The van der Waals surface area contributed by atoms with Crippen LogP contribution in [0.15, 0.2) is 65.8 Å². The molecule has 1 aliphatic rings. The van der Waals surface area contributed by atoms with Gasteiger partial charge in [-0.2, -0.15) is 10.2 Å². The van der Waals surface area contributed by atoms with Crippen molar-refractivity contribution in [3.63, 3.8) is 0 Å². The second kappa shape index (κ2) is 8.44. The van der Waals surface area contributed by atoms with Gasteiger partial charge in [0, 0.05) is 11.3 Å². The average molecular weight is 423 g/mol. The SMILES string of the molecule is Cc1nn([C@@H]2CCS(=O)(=O)C2)c(C)c1/C=N\N(Cc1ccccc1)c1ccccc1. The van der Waals surface area contributed by atoms with Gasteiger partial charge in [0.05, 0.1) is 41.7 Å². The minimum absolute atomic E-state index is 0.0922. The number of hydrogen-bond donors (Lipinski definition) is 0. The molecule has 0 bridgehead atoms. The van der Waals surface area contributed by atoms with Gasteiger partial charge in [0.15, 0.2) is 9.84 Å². The van der Waals surface area contributed by atoms with Gasteiger partial charge in [0.25, 0.3) is 0 Å². The summed E-state index contributed by atoms with van der Waals surface area (Å²) in [5.74, 6) is 0.397. The topological polar surface area (TPSA) is 67.6 Å². The molecule has 7 heteroatoms. The quantitative estimate of drug-likeness (QED) is 0.446. The highest BCUT2D eigenvalue weighted by molar-refractivity contribution is 7.91. The van der Waals surface area contributed by atoms with Crippen molar-refractivity contribution in [1.29, 1.82) is 0 Å². The molecule has 0 amide bonds. The number of hydrogen-bond acceptors (Lipinski definition) is 5. The maximum Gasteiger partial charge on any atom is 0.152 e. The molecule has 1 aromatic heterocycles. The molecule has 0 spiro atoms. The predicted molar refractivity (Wildman–Crippen MR) is 121 cm³/mol. The lowest BCUT2D eigenvalue weighted by atomic mass is 10.2. The van der Waals surface area contributed by atoms with E-state index in [0.29, 0.717) is 13.0 Å². The Morgan fingerprint density at radius 1 is 1.10 bits per heavy atom. The number of nitrogens with zero attached hydrogens (tertiary/aromatic N) is 4. The molecule has 4 rings (SSSR count). The summed E-state index contributed by atoms with van der Waals surface area (Å²) in [4.78, 5) is 0. The number of aromatic nitrogens is 2. The van der Waals surface area contributed by atoms with Crippen molar-refractivity contribution in [3.05, 3.63) is 83.2 Å². The van der Waals surface area contributed by atoms with Gasteiger partial charge in [-0.25, -0.2) is 8.42 Å². The molecule has 1 aliphatic heterocycles. The summed E-state index contributed by atoms with van der Waals surface area (Å²) in [5, 5.41) is 11.4. The van der Waals surface area contributed by atoms with E-state index in [9.17, 15) is 8.42 Å². The van der Waals surface area contributed by atoms with Gasteiger partial charge in [0.2, 0.25) is 0 Å². The fraction of sp³-hybridized carbons (Fsp3) is 0.304. The summed E-state index contributed by atoms with van der Waals surface area (Å²) in [6.07, 6.45) is 2.46. The molecule has 0 saturated carbocycles. The molecule has 0 radical (unpaired) electrons. The van der Waals surface area contributed by atoms with Crippen LogP contribution in [0.5, 0.6) is 0 Å². The van der Waals surface area contributed by atoms with Crippen molar-refractivity contribution < 1.29 is 8.42 Å². The summed E-state index contributed by atoms with van der Waals surface area (Å²) in [5.41, 5.74) is 4.91. The zero-order valence-corrected chi connectivity index (χ0v) is 18.1. The molecule has 0 N–H and O–H groups in total. The third-order valence-corrected chi connectivity index (χ3v) is 7.24. The Kier molecular flexibility index (Phi) is 5.72. The summed E-state index contributed by atoms with van der Waals surface area (Å²) in [6.45, 7) is 4.57. The highest BCUT2D eigenvalue weighted by Gasteiger charge is 2.31. The zero-order valence-electron chi connectivity index (χ0n) is 17.3. The van der Waals surface area contributed by atoms with Gasteiger partial charge in [-0.3, -0.25) is 9.69 Å². The van der Waals surface area contributed by atoms with Gasteiger partial charge in [-0.15, -0.1) is 0 Å². The van der Waals surface area contributed by atoms with E-state index in [-0.39, 0.29) is 17.5 Å². The van der Waals surface area contributed by atoms with Crippen molar-refractivity contribution in [2.24, 2.45) is 5.10 Å². The summed E-state index contributed by atoms with van der Waals surface area (Å²) in [6, 6.07) is 20.2. The number of rotatable bonds is 6. The first-order chi connectivity index (χ1) is 14.4. The van der Waals surface area contributed by atoms with Crippen LogP contribution in [0, 0.1) is 13.8 Å². The molecule has 1 atom stereocenters. The van der Waals surface area contributed by atoms with E-state index in [0.717, 1.165) is 22.6 Å². The van der Waals surface area contributed by atoms with Crippen LogP contribution in [-0.4, -0.2) is 35.9 Å². The first-order valence-corrected chi connectivity index (χ1v) is 11.9. The van der Waals surface area contributed by atoms with Crippen molar-refractivity contribution in [2.45, 2.75) is 32.9 Å². The number of benzene rings is 2. The first kappa shape index (κ1) is 20.3. The van der Waals surface area contributed by atoms with E-state index >= 15 is 0 Å². The molecule has 0 aliphatic carbocycles. The fourth-order valence-electron chi connectivity index (χ4n) is 3.87. The van der Waals surface area contributed by atoms with E-state index in [2.05, 4.69) is 17.2 Å². The molecule has 156 valence electrons. The Hall–Kier alpha value is -2.93. The molecule has 2 heterocycles. The van der Waals surface area contributed by atoms with Crippen LogP contribution in [0.1, 0.15) is 35.0 Å². The maximum atomic E-state index is 11.9. The smallest absolute Gasteiger partial charge is 0.152 e. The number of anilines is 1. The van der Waals surface area contributed by atoms with Crippen molar-refractivity contribution >= 4 is 21.7 Å². The third-order valence-electron chi connectivity index (χ3n) is 5.49. The summed E-state index contributed by atoms with van der Waals surface area (Å²) >= 11 is 0. The van der Waals surface area contributed by atoms with E-state index in [1.807, 2.05) is 78.3 Å². The number of aryl methyl sites for hydroxylation is 1. The Morgan fingerprint density at radius 2 is 1.77 bits per heavy atom. The summed E-state index contributed by atoms with van der Waals surface area (Å²) in [7, 11) is -2.96. The van der Waals surface area contributed by atoms with E-state index in [1.165, 1.54) is 5.56 Å². The fourth-order valence-corrected chi connectivity index (χ4v) is 5.56. The van der Waals surface area contributed by atoms with Crippen LogP contribution in [0.4, 0.5) is 5.69 Å². The molecular weight excluding hydrogens is 396 g/mol. The molecule has 1 fully saturated rings. The minimum atomic E-state index is -2.96. The molecule has 30 heavy (non-hydrogen) atoms. The lowest BCUT2D eigenvalue weighted by Crippen LogP contribution is -2.16. The Morgan fingerprint density at radius 3 is 2.40 bits per heavy atom. The molecule has 6 nitrogen and oxygen atoms in total. The van der Waals surface area contributed by atoms with Gasteiger partial charge >= 0.3 is 0 Å². The van der Waals surface area contributed by atoms with Gasteiger partial charge in [-0.1, -0.05) is 48.5 Å². The lowest BCUT2D eigenvalue weighted by Gasteiger charge is -2.19. The van der Waals surface area contributed by atoms with Gasteiger partial charge in [-0.05, 0) is 38.0 Å². The second-order valence-electron chi connectivity index (χ2n) is 7.71. The second-order valence-corrected chi connectivity index (χ2v) is 9.94. The number of para-hydroxylation sites is 1. The standard InChI is InChI=1S/C23H26N4O2S/c1-18-23(19(2)27(25-18)22-13-14-30(28,29)17-22)15-24-26(21-11-7-4-8-12-21)16-20-9-5-3-6-10-20/h3-12,15,22H,13-14,16-17H2,1-2H3/b24-15-/t22-/m1/s1. The zero-order chi connectivity index (χ0) is 21.1. The van der Waals surface area contributed by atoms with Crippen molar-refractivity contribution in [2.75, 3.05) is 16.5 Å². The largest absolute Gasteiger partial charge is 0.265 e. The third kappa shape index (κ3) is 4.46. The van der Waals surface area contributed by atoms with Crippen LogP contribution >= 0.6 is 0 Å². The average Bonchev–Trinajstić information content (AvgIpc) is 3.25. The summed E-state index contributed by atoms with van der Waals surface area (Å²) < 4.78 is 25.6.